The van der Waals surface area contributed by atoms with Gasteiger partial charge in [-0.15, -0.1) is 0 Å². The van der Waals surface area contributed by atoms with Crippen LogP contribution in [0.15, 0.2) is 64.2 Å². The molecule has 0 aliphatic heterocycles. The van der Waals surface area contributed by atoms with Gasteiger partial charge >= 0.3 is 5.69 Å². The molecule has 0 fully saturated rings. The summed E-state index contributed by atoms with van der Waals surface area (Å²) in [6.45, 7) is 2.78. The fourth-order valence-electron chi connectivity index (χ4n) is 3.37. The van der Waals surface area contributed by atoms with Crippen LogP contribution >= 0.6 is 0 Å². The highest BCUT2D eigenvalue weighted by Gasteiger charge is 2.24. The number of methoxy groups -OCH3 is 1. The van der Waals surface area contributed by atoms with Crippen molar-refractivity contribution in [3.8, 4) is 0 Å². The average Bonchev–Trinajstić information content (AvgIpc) is 2.77. The van der Waals surface area contributed by atoms with Crippen LogP contribution in [0, 0.1) is 0 Å². The van der Waals surface area contributed by atoms with Crippen molar-refractivity contribution in [2.45, 2.75) is 26.5 Å². The first-order valence-corrected chi connectivity index (χ1v) is 10.0. The van der Waals surface area contributed by atoms with E-state index in [0.717, 1.165) is 11.1 Å². The summed E-state index contributed by atoms with van der Waals surface area (Å²) >= 11 is 0. The number of benzene rings is 2. The van der Waals surface area contributed by atoms with E-state index in [1.165, 1.54) is 9.47 Å². The van der Waals surface area contributed by atoms with Gasteiger partial charge in [0.2, 0.25) is 0 Å². The quantitative estimate of drug-likeness (QED) is 0.579. The Bertz CT molecular complexity index is 1150. The van der Waals surface area contributed by atoms with Crippen LogP contribution in [0.3, 0.4) is 0 Å². The number of H-pyrrole nitrogens is 1. The van der Waals surface area contributed by atoms with Crippen LogP contribution in [-0.4, -0.2) is 29.1 Å². The third-order valence-corrected chi connectivity index (χ3v) is 4.87. The van der Waals surface area contributed by atoms with E-state index >= 15 is 0 Å². The molecule has 0 spiro atoms. The molecule has 0 bridgehead atoms. The van der Waals surface area contributed by atoms with Crippen LogP contribution in [0.4, 0.5) is 11.5 Å². The Kier molecular flexibility index (Phi) is 7.04. The number of carbonyl (C=O) groups excluding carboxylic acids is 1. The highest BCUT2D eigenvalue weighted by Crippen LogP contribution is 2.21. The number of carbonyl (C=O) groups is 1. The van der Waals surface area contributed by atoms with Crippen LogP contribution in [-0.2, 0) is 17.9 Å². The zero-order valence-corrected chi connectivity index (χ0v) is 17.6. The molecular formula is C23H26N4O4. The first-order valence-electron chi connectivity index (χ1n) is 10.0. The van der Waals surface area contributed by atoms with Gasteiger partial charge in [0.1, 0.15) is 5.82 Å². The molecule has 0 aliphatic carbocycles. The predicted molar refractivity (Wildman–Crippen MR) is 120 cm³/mol. The van der Waals surface area contributed by atoms with Crippen LogP contribution in [0.2, 0.25) is 0 Å². The van der Waals surface area contributed by atoms with Gasteiger partial charge in [0.05, 0.1) is 13.2 Å². The number of anilines is 2. The van der Waals surface area contributed by atoms with E-state index in [0.29, 0.717) is 18.6 Å². The van der Waals surface area contributed by atoms with Crippen molar-refractivity contribution in [3.05, 3.63) is 92.1 Å². The maximum Gasteiger partial charge on any atom is 0.330 e. The summed E-state index contributed by atoms with van der Waals surface area (Å²) in [7, 11) is 1.60. The van der Waals surface area contributed by atoms with Crippen LogP contribution in [0.25, 0.3) is 0 Å². The molecule has 1 aromatic heterocycles. The number of aromatic nitrogens is 2. The number of nitrogens with two attached hydrogens (primary N) is 1. The third kappa shape index (κ3) is 4.92. The van der Waals surface area contributed by atoms with Gasteiger partial charge < -0.3 is 15.4 Å². The van der Waals surface area contributed by atoms with Gasteiger partial charge in [-0.25, -0.2) is 4.79 Å². The predicted octanol–water partition coefficient (Wildman–Crippen LogP) is 2.37. The van der Waals surface area contributed by atoms with Crippen LogP contribution < -0.4 is 21.9 Å². The molecule has 162 valence electrons. The molecule has 0 radical (unpaired) electrons. The second-order valence-electron chi connectivity index (χ2n) is 7.15. The van der Waals surface area contributed by atoms with Crippen molar-refractivity contribution >= 4 is 17.4 Å². The molecule has 31 heavy (non-hydrogen) atoms. The normalized spacial score (nSPS) is 10.8. The van der Waals surface area contributed by atoms with Crippen molar-refractivity contribution < 1.29 is 9.53 Å². The zero-order chi connectivity index (χ0) is 22.4. The number of hydrogen-bond donors (Lipinski definition) is 2. The standard InChI is InChI=1S/C23H26N4O4/c1-3-13-26(22(29)18-11-9-17(10-12-18)15-31-2)19-20(24)27(23(30)25-21(19)28)14-16-7-5-4-6-8-16/h4-12H,3,13-15,24H2,1-2H3,(H,25,28,30). The van der Waals surface area contributed by atoms with Gasteiger partial charge in [-0.2, -0.15) is 0 Å². The largest absolute Gasteiger partial charge is 0.383 e. The lowest BCUT2D eigenvalue weighted by molar-refractivity contribution is 0.0986. The molecule has 2 aromatic carbocycles. The maximum atomic E-state index is 13.3. The van der Waals surface area contributed by atoms with Gasteiger partial charge in [-0.3, -0.25) is 19.1 Å². The second-order valence-corrected chi connectivity index (χ2v) is 7.15. The molecular weight excluding hydrogens is 396 g/mol. The minimum Gasteiger partial charge on any atom is -0.383 e. The minimum atomic E-state index is -0.690. The molecule has 3 aromatic rings. The highest BCUT2D eigenvalue weighted by molar-refractivity contribution is 6.07. The summed E-state index contributed by atoms with van der Waals surface area (Å²) in [4.78, 5) is 42.0. The van der Waals surface area contributed by atoms with E-state index in [1.807, 2.05) is 37.3 Å². The van der Waals surface area contributed by atoms with Crippen molar-refractivity contribution in [3.63, 3.8) is 0 Å². The van der Waals surface area contributed by atoms with Gasteiger partial charge in [0, 0.05) is 19.2 Å². The van der Waals surface area contributed by atoms with E-state index in [2.05, 4.69) is 4.98 Å². The lowest BCUT2D eigenvalue weighted by Crippen LogP contribution is -2.41. The molecule has 8 heteroatoms. The first kappa shape index (κ1) is 22.0. The Labute approximate surface area is 179 Å². The van der Waals surface area contributed by atoms with E-state index in [4.69, 9.17) is 10.5 Å². The number of nitrogen functional groups attached to an aromatic ring is 1. The van der Waals surface area contributed by atoms with E-state index in [1.54, 1.807) is 31.4 Å². The van der Waals surface area contributed by atoms with Gasteiger partial charge in [0.15, 0.2) is 5.69 Å². The highest BCUT2D eigenvalue weighted by atomic mass is 16.5. The number of aromatic amines is 1. The molecule has 0 saturated heterocycles. The average molecular weight is 422 g/mol. The smallest absolute Gasteiger partial charge is 0.330 e. The van der Waals surface area contributed by atoms with Gasteiger partial charge in [-0.05, 0) is 29.7 Å². The number of ether oxygens (including phenoxy) is 1. The molecule has 1 amide bonds. The van der Waals surface area contributed by atoms with Crippen LogP contribution in [0.1, 0.15) is 34.8 Å². The van der Waals surface area contributed by atoms with E-state index in [-0.39, 0.29) is 30.5 Å². The Hall–Kier alpha value is -3.65. The number of nitrogens with one attached hydrogen (secondary N) is 1. The fourth-order valence-corrected chi connectivity index (χ4v) is 3.37. The van der Waals surface area contributed by atoms with Gasteiger partial charge in [0.25, 0.3) is 11.5 Å². The molecule has 0 unspecified atom stereocenters. The second kappa shape index (κ2) is 9.90. The summed E-state index contributed by atoms with van der Waals surface area (Å²) in [5.41, 5.74) is 7.12. The van der Waals surface area contributed by atoms with Crippen molar-refractivity contribution in [2.75, 3.05) is 24.3 Å². The number of rotatable bonds is 8. The van der Waals surface area contributed by atoms with Crippen LogP contribution in [0.5, 0.6) is 0 Å². The van der Waals surface area contributed by atoms with E-state index < -0.39 is 11.2 Å². The van der Waals surface area contributed by atoms with Crippen molar-refractivity contribution in [1.82, 2.24) is 9.55 Å². The zero-order valence-electron chi connectivity index (χ0n) is 17.6. The Morgan fingerprint density at radius 1 is 1.06 bits per heavy atom. The molecule has 8 nitrogen and oxygen atoms in total. The molecule has 3 rings (SSSR count). The lowest BCUT2D eigenvalue weighted by Gasteiger charge is -2.24. The first-order chi connectivity index (χ1) is 15.0. The minimum absolute atomic E-state index is 0.0247. The van der Waals surface area contributed by atoms with Crippen molar-refractivity contribution in [1.29, 1.82) is 0 Å². The molecule has 0 aliphatic rings. The number of hydrogen-bond acceptors (Lipinski definition) is 5. The summed E-state index contributed by atoms with van der Waals surface area (Å²) in [5.74, 6) is -0.414. The van der Waals surface area contributed by atoms with E-state index in [9.17, 15) is 14.4 Å². The fraction of sp³-hybridized carbons (Fsp3) is 0.261. The topological polar surface area (TPSA) is 110 Å². The Balaban J connectivity index is 2.04. The third-order valence-electron chi connectivity index (χ3n) is 4.87. The molecule has 0 atom stereocenters. The lowest BCUT2D eigenvalue weighted by atomic mass is 10.1. The summed E-state index contributed by atoms with van der Waals surface area (Å²) in [6, 6.07) is 16.2. The summed E-state index contributed by atoms with van der Waals surface area (Å²) < 4.78 is 6.37. The summed E-state index contributed by atoms with van der Waals surface area (Å²) in [5, 5.41) is 0. The molecule has 0 saturated carbocycles. The Morgan fingerprint density at radius 2 is 1.74 bits per heavy atom. The maximum absolute atomic E-state index is 13.3. The SMILES string of the molecule is CCCN(C(=O)c1ccc(COC)cc1)c1c(N)n(Cc2ccccc2)c(=O)[nH]c1=O. The monoisotopic (exact) mass is 422 g/mol. The summed E-state index contributed by atoms with van der Waals surface area (Å²) in [6.07, 6.45) is 0.601. The molecule has 3 N–H and O–H groups in total. The number of nitrogens with zero attached hydrogens (tertiary/aromatic N) is 2. The number of amides is 1. The molecule has 1 heterocycles. The van der Waals surface area contributed by atoms with Gasteiger partial charge in [-0.1, -0.05) is 49.4 Å². The van der Waals surface area contributed by atoms with Crippen molar-refractivity contribution in [2.24, 2.45) is 0 Å². The Morgan fingerprint density at radius 3 is 2.35 bits per heavy atom.